The molecule has 0 amide bonds. The van der Waals surface area contributed by atoms with Crippen LogP contribution in [0.5, 0.6) is 17.2 Å². The summed E-state index contributed by atoms with van der Waals surface area (Å²) in [6.07, 6.45) is 0.524. The summed E-state index contributed by atoms with van der Waals surface area (Å²) in [4.78, 5) is 2.38. The summed E-state index contributed by atoms with van der Waals surface area (Å²) in [6.45, 7) is 7.37. The Kier molecular flexibility index (Phi) is 5.91. The summed E-state index contributed by atoms with van der Waals surface area (Å²) in [7, 11) is 3.15. The highest BCUT2D eigenvalue weighted by Gasteiger charge is 2.17. The zero-order valence-corrected chi connectivity index (χ0v) is 16.4. The van der Waals surface area contributed by atoms with Gasteiger partial charge in [0.05, 0.1) is 19.6 Å². The van der Waals surface area contributed by atoms with E-state index in [1.165, 1.54) is 5.56 Å². The topological polar surface area (TPSA) is 55.1 Å². The van der Waals surface area contributed by atoms with Gasteiger partial charge in [-0.15, -0.1) is 0 Å². The Morgan fingerprint density at radius 1 is 0.926 bits per heavy atom. The molecule has 3 aromatic rings. The Bertz CT molecular complexity index is 895. The van der Waals surface area contributed by atoms with Crippen molar-refractivity contribution in [3.63, 3.8) is 0 Å². The van der Waals surface area contributed by atoms with E-state index in [0.717, 1.165) is 25.2 Å². The Labute approximate surface area is 160 Å². The maximum absolute atomic E-state index is 10.6. The Morgan fingerprint density at radius 3 is 2.11 bits per heavy atom. The molecule has 0 saturated heterocycles. The minimum absolute atomic E-state index is 0.151. The molecule has 2 aromatic carbocycles. The van der Waals surface area contributed by atoms with Crippen LogP contribution in [0, 0.1) is 0 Å². The molecular weight excluding hydrogens is 342 g/mol. The van der Waals surface area contributed by atoms with Crippen LogP contribution in [0.4, 0.5) is 0 Å². The van der Waals surface area contributed by atoms with Gasteiger partial charge in [-0.05, 0) is 30.3 Å². The fraction of sp³-hybridized carbons (Fsp3) is 0.364. The van der Waals surface area contributed by atoms with Crippen molar-refractivity contribution in [1.29, 1.82) is 0 Å². The lowest BCUT2D eigenvalue weighted by Gasteiger charge is -2.18. The lowest BCUT2D eigenvalue weighted by molar-refractivity contribution is 0.296. The standard InChI is InChI=1S/C22H27NO4/c1-5-23(6-2)14-16-9-7-15(8-10-16)11-21-22(24)17-12-19(25-3)20(26-4)13-18(17)27-21/h7-10,12-13,24H,5-6,11,14H2,1-4H3. The second-order valence-electron chi connectivity index (χ2n) is 6.53. The number of methoxy groups -OCH3 is 2. The van der Waals surface area contributed by atoms with E-state index in [-0.39, 0.29) is 5.75 Å². The number of aromatic hydroxyl groups is 1. The van der Waals surface area contributed by atoms with Crippen LogP contribution < -0.4 is 9.47 Å². The molecule has 0 atom stereocenters. The van der Waals surface area contributed by atoms with Gasteiger partial charge in [0.25, 0.3) is 0 Å². The van der Waals surface area contributed by atoms with Crippen molar-refractivity contribution in [2.45, 2.75) is 26.8 Å². The van der Waals surface area contributed by atoms with Gasteiger partial charge in [-0.25, -0.2) is 0 Å². The van der Waals surface area contributed by atoms with Gasteiger partial charge in [-0.1, -0.05) is 38.1 Å². The SMILES string of the molecule is CCN(CC)Cc1ccc(Cc2oc3cc(OC)c(OC)cc3c2O)cc1. The highest BCUT2D eigenvalue weighted by molar-refractivity contribution is 5.88. The Morgan fingerprint density at radius 2 is 1.52 bits per heavy atom. The van der Waals surface area contributed by atoms with Crippen molar-refractivity contribution >= 4 is 11.0 Å². The number of rotatable bonds is 8. The summed E-state index contributed by atoms with van der Waals surface area (Å²) >= 11 is 0. The summed E-state index contributed by atoms with van der Waals surface area (Å²) in [5.74, 6) is 1.83. The number of benzene rings is 2. The third-order valence-corrected chi connectivity index (χ3v) is 4.93. The molecule has 3 rings (SSSR count). The molecule has 27 heavy (non-hydrogen) atoms. The lowest BCUT2D eigenvalue weighted by Crippen LogP contribution is -2.21. The molecule has 0 aliphatic heterocycles. The van der Waals surface area contributed by atoms with Crippen molar-refractivity contribution in [2.75, 3.05) is 27.3 Å². The maximum atomic E-state index is 10.6. The van der Waals surface area contributed by atoms with Gasteiger partial charge >= 0.3 is 0 Å². The van der Waals surface area contributed by atoms with Gasteiger partial charge in [-0.2, -0.15) is 0 Å². The predicted octanol–water partition coefficient (Wildman–Crippen LogP) is 4.59. The van der Waals surface area contributed by atoms with Crippen LogP contribution in [0.15, 0.2) is 40.8 Å². The second kappa shape index (κ2) is 8.35. The molecule has 5 heteroatoms. The first-order valence-corrected chi connectivity index (χ1v) is 9.26. The average Bonchev–Trinajstić information content (AvgIpc) is 3.00. The van der Waals surface area contributed by atoms with Crippen LogP contribution in [-0.2, 0) is 13.0 Å². The third kappa shape index (κ3) is 4.03. The molecule has 1 aromatic heterocycles. The highest BCUT2D eigenvalue weighted by atomic mass is 16.5. The molecule has 144 valence electrons. The van der Waals surface area contributed by atoms with Crippen LogP contribution in [-0.4, -0.2) is 37.3 Å². The van der Waals surface area contributed by atoms with Gasteiger partial charge in [0, 0.05) is 19.0 Å². The van der Waals surface area contributed by atoms with Gasteiger partial charge in [-0.3, -0.25) is 4.90 Å². The number of ether oxygens (including phenoxy) is 2. The fourth-order valence-electron chi connectivity index (χ4n) is 3.23. The number of furan rings is 1. The highest BCUT2D eigenvalue weighted by Crippen LogP contribution is 2.40. The maximum Gasteiger partial charge on any atom is 0.165 e. The summed E-state index contributed by atoms with van der Waals surface area (Å²) in [5.41, 5.74) is 2.95. The summed E-state index contributed by atoms with van der Waals surface area (Å²) in [6, 6.07) is 11.9. The number of hydrogen-bond donors (Lipinski definition) is 1. The zero-order chi connectivity index (χ0) is 19.4. The van der Waals surface area contributed by atoms with Gasteiger partial charge in [0.1, 0.15) is 5.58 Å². The first kappa shape index (κ1) is 19.1. The number of hydrogen-bond acceptors (Lipinski definition) is 5. The van der Waals surface area contributed by atoms with E-state index < -0.39 is 0 Å². The van der Waals surface area contributed by atoms with E-state index >= 15 is 0 Å². The van der Waals surface area contributed by atoms with Gasteiger partial charge in [0.15, 0.2) is 23.0 Å². The first-order chi connectivity index (χ1) is 13.1. The minimum atomic E-state index is 0.151. The summed E-state index contributed by atoms with van der Waals surface area (Å²) < 4.78 is 16.5. The largest absolute Gasteiger partial charge is 0.504 e. The van der Waals surface area contributed by atoms with E-state index in [4.69, 9.17) is 13.9 Å². The molecule has 5 nitrogen and oxygen atoms in total. The van der Waals surface area contributed by atoms with Crippen molar-refractivity contribution in [1.82, 2.24) is 4.90 Å². The van der Waals surface area contributed by atoms with E-state index in [9.17, 15) is 5.11 Å². The number of nitrogens with zero attached hydrogens (tertiary/aromatic N) is 1. The van der Waals surface area contributed by atoms with Gasteiger partial charge in [0.2, 0.25) is 0 Å². The lowest BCUT2D eigenvalue weighted by atomic mass is 10.1. The molecule has 0 aliphatic rings. The summed E-state index contributed by atoms with van der Waals surface area (Å²) in [5, 5.41) is 11.2. The molecule has 0 unspecified atom stereocenters. The molecule has 1 heterocycles. The van der Waals surface area contributed by atoms with E-state index in [0.29, 0.717) is 34.6 Å². The third-order valence-electron chi connectivity index (χ3n) is 4.93. The molecule has 0 radical (unpaired) electrons. The molecule has 0 bridgehead atoms. The quantitative estimate of drug-likeness (QED) is 0.629. The average molecular weight is 369 g/mol. The van der Waals surface area contributed by atoms with Gasteiger partial charge < -0.3 is 19.0 Å². The van der Waals surface area contributed by atoms with Crippen LogP contribution in [0.1, 0.15) is 30.7 Å². The molecule has 1 N–H and O–H groups in total. The monoisotopic (exact) mass is 369 g/mol. The van der Waals surface area contributed by atoms with Crippen LogP contribution in [0.3, 0.4) is 0 Å². The van der Waals surface area contributed by atoms with Crippen LogP contribution in [0.25, 0.3) is 11.0 Å². The van der Waals surface area contributed by atoms with Crippen molar-refractivity contribution in [2.24, 2.45) is 0 Å². The van der Waals surface area contributed by atoms with Crippen molar-refractivity contribution < 1.29 is 19.0 Å². The molecule has 0 aliphatic carbocycles. The predicted molar refractivity (Wildman–Crippen MR) is 107 cm³/mol. The van der Waals surface area contributed by atoms with Crippen LogP contribution >= 0.6 is 0 Å². The van der Waals surface area contributed by atoms with E-state index in [1.807, 2.05) is 0 Å². The first-order valence-electron chi connectivity index (χ1n) is 9.26. The van der Waals surface area contributed by atoms with Crippen LogP contribution in [0.2, 0.25) is 0 Å². The smallest absolute Gasteiger partial charge is 0.165 e. The van der Waals surface area contributed by atoms with E-state index in [2.05, 4.69) is 43.0 Å². The molecule has 0 fully saturated rings. The Balaban J connectivity index is 1.83. The van der Waals surface area contributed by atoms with Crippen molar-refractivity contribution in [3.05, 3.63) is 53.3 Å². The molecule has 0 spiro atoms. The van der Waals surface area contributed by atoms with Crippen molar-refractivity contribution in [3.8, 4) is 17.2 Å². The Hall–Kier alpha value is -2.66. The minimum Gasteiger partial charge on any atom is -0.504 e. The zero-order valence-electron chi connectivity index (χ0n) is 16.4. The second-order valence-corrected chi connectivity index (χ2v) is 6.53. The molecule has 0 saturated carbocycles. The fourth-order valence-corrected chi connectivity index (χ4v) is 3.23. The normalized spacial score (nSPS) is 11.3. The van der Waals surface area contributed by atoms with E-state index in [1.54, 1.807) is 26.4 Å². The molecular formula is C22H27NO4. The number of fused-ring (bicyclic) bond motifs is 1.